The van der Waals surface area contributed by atoms with Crippen LogP contribution in [0.3, 0.4) is 0 Å². The van der Waals surface area contributed by atoms with Crippen molar-refractivity contribution in [3.8, 4) is 33.4 Å². The SMILES string of the molecule is CC(c1ccc(-c2cnn(C)c2)cc1F)N1Cc2ccccc2C1=O.Cc1cc(-c2ccc(CN3Cc4ncccc4C3=O)c(F)c2)ccn1.Cn1cc(-c2ccc(CN3Cc4ccccc4C3=O)nc2)cn1.O=C1c2ccccc2CN1Cc1ccc(C2=CCN=C2C(F)(F)F)cc1F. The lowest BCUT2D eigenvalue weighted by molar-refractivity contribution is -0.0571. The van der Waals surface area contributed by atoms with Crippen molar-refractivity contribution in [2.75, 3.05) is 6.54 Å². The number of aliphatic imine (C=N–C) groups is 1. The molecule has 0 bridgehead atoms. The molecule has 1 unspecified atom stereocenters. The predicted octanol–water partition coefficient (Wildman–Crippen LogP) is 14.7. The lowest BCUT2D eigenvalue weighted by Gasteiger charge is -2.25. The van der Waals surface area contributed by atoms with Crippen molar-refractivity contribution in [2.45, 2.75) is 71.9 Å². The second-order valence-corrected chi connectivity index (χ2v) is 24.7. The van der Waals surface area contributed by atoms with Gasteiger partial charge in [-0.2, -0.15) is 23.4 Å². The zero-order valence-corrected chi connectivity index (χ0v) is 54.7. The summed E-state index contributed by atoms with van der Waals surface area (Å²) in [5.41, 5.74) is 13.9. The fourth-order valence-electron chi connectivity index (χ4n) is 12.8. The third-order valence-electron chi connectivity index (χ3n) is 18.0. The smallest absolute Gasteiger partial charge is 0.330 e. The highest BCUT2D eigenvalue weighted by atomic mass is 19.4. The Morgan fingerprint density at radius 1 is 0.470 bits per heavy atom. The average molecular weight is 1350 g/mol. The van der Waals surface area contributed by atoms with E-state index in [-0.39, 0.29) is 77.6 Å². The second-order valence-electron chi connectivity index (χ2n) is 24.7. The summed E-state index contributed by atoms with van der Waals surface area (Å²) in [6.45, 7) is 6.47. The number of nitrogens with zero attached hydrogens (tertiary/aromatic N) is 12. The molecular weight excluding hydrogens is 1280 g/mol. The Morgan fingerprint density at radius 2 is 0.980 bits per heavy atom. The Bertz CT molecular complexity index is 5040. The molecule has 0 saturated carbocycles. The topological polar surface area (TPSA) is 168 Å². The molecule has 16 nitrogen and oxygen atoms in total. The molecular formula is C78H64F6N12O4. The third-order valence-corrected chi connectivity index (χ3v) is 18.0. The number of benzene rings is 6. The molecule has 11 aromatic rings. The largest absolute Gasteiger partial charge is 0.433 e. The Morgan fingerprint density at radius 3 is 1.53 bits per heavy atom. The number of allylic oxidation sites excluding steroid dienone is 1. The predicted molar refractivity (Wildman–Crippen MR) is 365 cm³/mol. The molecule has 5 aliphatic rings. The van der Waals surface area contributed by atoms with E-state index in [2.05, 4.69) is 30.1 Å². The van der Waals surface area contributed by atoms with Gasteiger partial charge in [-0.15, -0.1) is 0 Å². The number of pyridine rings is 3. The summed E-state index contributed by atoms with van der Waals surface area (Å²) in [5, 5.41) is 8.28. The van der Waals surface area contributed by atoms with E-state index in [1.54, 1.807) is 74.2 Å². The average Bonchev–Trinajstić information content (AvgIpc) is 1.47. The highest BCUT2D eigenvalue weighted by molar-refractivity contribution is 6.27. The van der Waals surface area contributed by atoms with Crippen molar-refractivity contribution in [1.29, 1.82) is 0 Å². The molecule has 0 radical (unpaired) electrons. The lowest BCUT2D eigenvalue weighted by atomic mass is 9.99. The van der Waals surface area contributed by atoms with Gasteiger partial charge < -0.3 is 19.6 Å². The van der Waals surface area contributed by atoms with Gasteiger partial charge in [-0.25, -0.2) is 13.2 Å². The maximum absolute atomic E-state index is 14.7. The number of halogens is 6. The number of carbonyl (C=O) groups excluding carboxylic acids is 4. The Labute approximate surface area is 571 Å². The van der Waals surface area contributed by atoms with E-state index < -0.39 is 17.7 Å². The molecule has 10 heterocycles. The maximum Gasteiger partial charge on any atom is 0.433 e. The number of hydrogen-bond acceptors (Lipinski definition) is 10. The molecule has 6 aromatic carbocycles. The monoisotopic (exact) mass is 1350 g/mol. The van der Waals surface area contributed by atoms with Crippen LogP contribution in [0.5, 0.6) is 0 Å². The standard InChI is InChI=1S/C20H14F4N2O.C20H18FN3O.C20H16FN3O.C18H16N4O/c21-17-9-12(15-7-8-25-18(15)20(22,23)24)5-6-14(17)11-26-10-13-3-1-2-4-16(13)19(26)27;1-13(24-12-15-5-3-4-6-18(15)20(24)25)17-8-7-14(9-19(17)21)16-10-22-23(2)11-16;1-13-9-15(6-8-22-13)14-4-5-16(18(21)10-14)11-24-12-19-17(20(24)25)3-2-7-23-19;1-21-10-15(9-20-21)13-6-7-16(19-8-13)12-22-11-14-4-2-3-5-17(14)18(22)23/h1-7,9H,8,10-11H2;3-11,13H,12H2,1-2H3;2-10H,11-12H2,1H3;2-10H,11-12H2,1H3. The Kier molecular flexibility index (Phi) is 18.8. The number of aryl methyl sites for hydroxylation is 3. The molecule has 1 atom stereocenters. The van der Waals surface area contributed by atoms with Crippen LogP contribution in [0, 0.1) is 24.4 Å². The molecule has 0 aliphatic carbocycles. The Hall–Kier alpha value is -11.9. The molecule has 5 aliphatic heterocycles. The molecule has 0 N–H and O–H groups in total. The molecule has 100 heavy (non-hydrogen) atoms. The molecule has 16 rings (SSSR count). The van der Waals surface area contributed by atoms with Crippen LogP contribution in [0.4, 0.5) is 26.3 Å². The van der Waals surface area contributed by atoms with Crippen molar-refractivity contribution in [3.63, 3.8) is 0 Å². The molecule has 22 heteroatoms. The van der Waals surface area contributed by atoms with Gasteiger partial charge in [0.15, 0.2) is 0 Å². The van der Waals surface area contributed by atoms with Crippen molar-refractivity contribution >= 4 is 34.9 Å². The second kappa shape index (κ2) is 28.3. The van der Waals surface area contributed by atoms with E-state index in [1.165, 1.54) is 35.2 Å². The zero-order chi connectivity index (χ0) is 69.9. The number of hydrogen-bond donors (Lipinski definition) is 0. The van der Waals surface area contributed by atoms with Crippen LogP contribution in [0.2, 0.25) is 0 Å². The van der Waals surface area contributed by atoms with Gasteiger partial charge in [0, 0.05) is 139 Å². The minimum atomic E-state index is -4.58. The minimum absolute atomic E-state index is 0.0427. The summed E-state index contributed by atoms with van der Waals surface area (Å²) >= 11 is 0. The molecule has 4 amide bonds. The Balaban J connectivity index is 0.000000120. The normalized spacial score (nSPS) is 14.5. The number of amides is 4. The summed E-state index contributed by atoms with van der Waals surface area (Å²) < 4.78 is 86.3. The van der Waals surface area contributed by atoms with Gasteiger partial charge in [0.25, 0.3) is 23.6 Å². The van der Waals surface area contributed by atoms with Gasteiger partial charge in [-0.3, -0.25) is 48.5 Å². The van der Waals surface area contributed by atoms with Crippen molar-refractivity contribution < 1.29 is 45.5 Å². The first kappa shape index (κ1) is 66.7. The first-order valence-electron chi connectivity index (χ1n) is 32.1. The number of alkyl halides is 3. The molecule has 502 valence electrons. The van der Waals surface area contributed by atoms with E-state index in [4.69, 9.17) is 0 Å². The molecule has 0 fully saturated rings. The van der Waals surface area contributed by atoms with Crippen LogP contribution in [0.1, 0.15) is 110 Å². The van der Waals surface area contributed by atoms with Crippen molar-refractivity contribution in [1.82, 2.24) is 54.1 Å². The third kappa shape index (κ3) is 14.2. The zero-order valence-electron chi connectivity index (χ0n) is 54.7. The fraction of sp³-hybridized carbons (Fsp3) is 0.179. The van der Waals surface area contributed by atoms with Gasteiger partial charge in [0.2, 0.25) is 0 Å². The highest BCUT2D eigenvalue weighted by Gasteiger charge is 2.40. The summed E-state index contributed by atoms with van der Waals surface area (Å²) in [6, 6.07) is 47.6. The number of carbonyl (C=O) groups is 4. The number of rotatable bonds is 12. The van der Waals surface area contributed by atoms with Crippen LogP contribution in [0.25, 0.3) is 39.0 Å². The van der Waals surface area contributed by atoms with E-state index >= 15 is 0 Å². The summed E-state index contributed by atoms with van der Waals surface area (Å²) in [6.07, 6.45) is 9.29. The van der Waals surface area contributed by atoms with Gasteiger partial charge in [-0.05, 0) is 120 Å². The van der Waals surface area contributed by atoms with Gasteiger partial charge in [-0.1, -0.05) is 103 Å². The van der Waals surface area contributed by atoms with Crippen LogP contribution in [0.15, 0.2) is 218 Å². The quantitative estimate of drug-likeness (QED) is 0.108. The van der Waals surface area contributed by atoms with Gasteiger partial charge >= 0.3 is 6.18 Å². The summed E-state index contributed by atoms with van der Waals surface area (Å²) in [7, 11) is 3.72. The van der Waals surface area contributed by atoms with Crippen LogP contribution in [-0.4, -0.2) is 96.2 Å². The molecule has 0 spiro atoms. The first-order valence-corrected chi connectivity index (χ1v) is 32.1. The van der Waals surface area contributed by atoms with E-state index in [0.29, 0.717) is 60.5 Å². The van der Waals surface area contributed by atoms with Crippen LogP contribution in [-0.2, 0) is 59.9 Å². The minimum Gasteiger partial charge on any atom is -0.330 e. The molecule has 0 saturated heterocycles. The van der Waals surface area contributed by atoms with Gasteiger partial charge in [0.05, 0.1) is 55.0 Å². The van der Waals surface area contributed by atoms with E-state index in [0.717, 1.165) is 78.8 Å². The van der Waals surface area contributed by atoms with E-state index in [1.807, 2.05) is 155 Å². The highest BCUT2D eigenvalue weighted by Crippen LogP contribution is 2.36. The van der Waals surface area contributed by atoms with Crippen LogP contribution < -0.4 is 0 Å². The number of fused-ring (bicyclic) bond motifs is 4. The van der Waals surface area contributed by atoms with Crippen molar-refractivity contribution in [2.24, 2.45) is 19.1 Å². The van der Waals surface area contributed by atoms with Crippen LogP contribution >= 0.6 is 0 Å². The first-order chi connectivity index (χ1) is 48.2. The number of aromatic nitrogens is 7. The van der Waals surface area contributed by atoms with E-state index in [9.17, 15) is 45.5 Å². The fourth-order valence-corrected chi connectivity index (χ4v) is 12.8. The summed E-state index contributed by atoms with van der Waals surface area (Å²) in [5.74, 6) is -1.51. The lowest BCUT2D eigenvalue weighted by Crippen LogP contribution is -2.27. The van der Waals surface area contributed by atoms with Gasteiger partial charge in [0.1, 0.15) is 23.2 Å². The van der Waals surface area contributed by atoms with Crippen molar-refractivity contribution in [3.05, 3.63) is 309 Å². The maximum atomic E-state index is 14.7. The summed E-state index contributed by atoms with van der Waals surface area (Å²) in [4.78, 5) is 72.8. The molecule has 5 aromatic heterocycles.